The lowest BCUT2D eigenvalue weighted by molar-refractivity contribution is 0.248. The van der Waals surface area contributed by atoms with Gasteiger partial charge >= 0.3 is 6.03 Å². The molecule has 0 spiro atoms. The molecule has 2 N–H and O–H groups in total. The van der Waals surface area contributed by atoms with Crippen molar-refractivity contribution < 1.29 is 4.79 Å². The molecule has 2 amide bonds. The van der Waals surface area contributed by atoms with Crippen LogP contribution >= 0.6 is 23.2 Å². The minimum Gasteiger partial charge on any atom is -0.328 e. The van der Waals surface area contributed by atoms with E-state index in [9.17, 15) is 4.79 Å². The van der Waals surface area contributed by atoms with Crippen LogP contribution in [-0.4, -0.2) is 35.7 Å². The normalized spacial score (nSPS) is 11.8. The Morgan fingerprint density at radius 3 is 2.68 bits per heavy atom. The predicted molar refractivity (Wildman–Crippen MR) is 91.8 cm³/mol. The van der Waals surface area contributed by atoms with Crippen LogP contribution in [0.5, 0.6) is 0 Å². The molecule has 3 rings (SSSR count). The van der Waals surface area contributed by atoms with E-state index in [1.807, 2.05) is 0 Å². The molecule has 1 unspecified atom stereocenters. The molecular weight excluding hydrogens is 367 g/mol. The fourth-order valence-corrected chi connectivity index (χ4v) is 2.35. The molecule has 0 saturated carbocycles. The number of anilines is 1. The summed E-state index contributed by atoms with van der Waals surface area (Å²) in [7, 11) is 0. The zero-order chi connectivity index (χ0) is 17.8. The highest BCUT2D eigenvalue weighted by molar-refractivity contribution is 6.43. The monoisotopic (exact) mass is 378 g/mol. The van der Waals surface area contributed by atoms with Gasteiger partial charge in [-0.05, 0) is 19.1 Å². The molecule has 3 aromatic rings. The number of urea groups is 1. The zero-order valence-electron chi connectivity index (χ0n) is 12.9. The topological polar surface area (TPSA) is 111 Å². The average molecular weight is 379 g/mol. The number of carbonyl (C=O) groups excluding carboxylic acids is 1. The van der Waals surface area contributed by atoms with Crippen LogP contribution < -0.4 is 10.6 Å². The number of hydrogen-bond donors (Lipinski definition) is 2. The van der Waals surface area contributed by atoms with Crippen LogP contribution in [0.15, 0.2) is 37.1 Å². The van der Waals surface area contributed by atoms with Crippen LogP contribution in [0.1, 0.15) is 18.8 Å². The Labute approximate surface area is 152 Å². The van der Waals surface area contributed by atoms with Crippen molar-refractivity contribution in [2.45, 2.75) is 13.0 Å². The molecule has 1 atom stereocenters. The maximum Gasteiger partial charge on any atom is 0.319 e. The highest BCUT2D eigenvalue weighted by Crippen LogP contribution is 2.27. The third-order valence-corrected chi connectivity index (χ3v) is 3.91. The molecule has 0 aromatic carbocycles. The summed E-state index contributed by atoms with van der Waals surface area (Å²) in [5, 5.41) is 9.70. The Morgan fingerprint density at radius 1 is 1.16 bits per heavy atom. The molecule has 0 aliphatic heterocycles. The molecule has 0 radical (unpaired) electrons. The maximum absolute atomic E-state index is 12.2. The Kier molecular flexibility index (Phi) is 5.05. The number of hydrogen-bond acceptors (Lipinski definition) is 6. The van der Waals surface area contributed by atoms with Crippen molar-refractivity contribution in [1.29, 1.82) is 0 Å². The van der Waals surface area contributed by atoms with Crippen molar-refractivity contribution in [3.63, 3.8) is 0 Å². The second-order valence-electron chi connectivity index (χ2n) is 4.86. The van der Waals surface area contributed by atoms with Crippen molar-refractivity contribution in [3.05, 3.63) is 53.1 Å². The van der Waals surface area contributed by atoms with Gasteiger partial charge in [-0.25, -0.2) is 24.7 Å². The summed E-state index contributed by atoms with van der Waals surface area (Å²) in [5.41, 5.74) is 0.347. The largest absolute Gasteiger partial charge is 0.328 e. The fourth-order valence-electron chi connectivity index (χ4n) is 2.03. The van der Waals surface area contributed by atoms with Crippen LogP contribution in [0.4, 0.5) is 10.5 Å². The molecule has 128 valence electrons. The van der Waals surface area contributed by atoms with E-state index in [1.54, 1.807) is 31.5 Å². The van der Waals surface area contributed by atoms with E-state index in [0.29, 0.717) is 17.5 Å². The van der Waals surface area contributed by atoms with Crippen molar-refractivity contribution >= 4 is 34.9 Å². The summed E-state index contributed by atoms with van der Waals surface area (Å²) in [5.74, 6) is 0.827. The van der Waals surface area contributed by atoms with Crippen LogP contribution in [0.2, 0.25) is 10.2 Å². The Bertz CT molecular complexity index is 886. The molecule has 0 bridgehead atoms. The van der Waals surface area contributed by atoms with Gasteiger partial charge in [0.15, 0.2) is 5.82 Å². The summed E-state index contributed by atoms with van der Waals surface area (Å²) >= 11 is 11.8. The third-order valence-electron chi connectivity index (χ3n) is 3.15. The van der Waals surface area contributed by atoms with E-state index in [4.69, 9.17) is 23.2 Å². The Balaban J connectivity index is 1.73. The first-order chi connectivity index (χ1) is 12.1. The lowest BCUT2D eigenvalue weighted by Gasteiger charge is -2.15. The number of pyridine rings is 1. The van der Waals surface area contributed by atoms with E-state index < -0.39 is 12.1 Å². The number of carbonyl (C=O) groups is 1. The lowest BCUT2D eigenvalue weighted by atomic mass is 10.3. The number of rotatable bonds is 4. The standard InChI is InChI=1S/C14H12Cl2N8O/c1-8(12-20-7-21-24(12)13-18-4-2-5-19-13)22-14(25)23-9-3-6-17-11(16)10(9)15/h2-8H,1H3,(H2,17,22,23,25). The van der Waals surface area contributed by atoms with Gasteiger partial charge in [-0.2, -0.15) is 9.78 Å². The van der Waals surface area contributed by atoms with E-state index in [1.165, 1.54) is 17.2 Å². The van der Waals surface area contributed by atoms with Gasteiger partial charge in [0.25, 0.3) is 5.95 Å². The highest BCUT2D eigenvalue weighted by Gasteiger charge is 2.18. The SMILES string of the molecule is CC(NC(=O)Nc1ccnc(Cl)c1Cl)c1ncnn1-c1ncccn1. The lowest BCUT2D eigenvalue weighted by Crippen LogP contribution is -2.32. The zero-order valence-corrected chi connectivity index (χ0v) is 14.4. The van der Waals surface area contributed by atoms with Crippen molar-refractivity contribution in [1.82, 2.24) is 35.0 Å². The van der Waals surface area contributed by atoms with E-state index in [2.05, 4.69) is 35.7 Å². The summed E-state index contributed by atoms with van der Waals surface area (Å²) in [6.07, 6.45) is 5.99. The summed E-state index contributed by atoms with van der Waals surface area (Å²) < 4.78 is 1.45. The van der Waals surface area contributed by atoms with E-state index in [0.717, 1.165) is 0 Å². The van der Waals surface area contributed by atoms with E-state index >= 15 is 0 Å². The van der Waals surface area contributed by atoms with Crippen molar-refractivity contribution in [3.8, 4) is 5.95 Å². The Morgan fingerprint density at radius 2 is 1.92 bits per heavy atom. The quantitative estimate of drug-likeness (QED) is 0.675. The van der Waals surface area contributed by atoms with Gasteiger partial charge in [0, 0.05) is 18.6 Å². The number of amides is 2. The van der Waals surface area contributed by atoms with Crippen molar-refractivity contribution in [2.24, 2.45) is 0 Å². The van der Waals surface area contributed by atoms with Gasteiger partial charge in [0.2, 0.25) is 0 Å². The Hall–Kier alpha value is -2.78. The maximum atomic E-state index is 12.2. The van der Waals surface area contributed by atoms with Crippen LogP contribution in [0, 0.1) is 0 Å². The van der Waals surface area contributed by atoms with Gasteiger partial charge < -0.3 is 10.6 Å². The first kappa shape index (κ1) is 17.1. The van der Waals surface area contributed by atoms with Gasteiger partial charge in [-0.1, -0.05) is 23.2 Å². The molecule has 3 heterocycles. The van der Waals surface area contributed by atoms with Gasteiger partial charge in [0.05, 0.1) is 11.7 Å². The number of nitrogens with zero attached hydrogens (tertiary/aromatic N) is 6. The van der Waals surface area contributed by atoms with Gasteiger partial charge in [-0.3, -0.25) is 0 Å². The van der Waals surface area contributed by atoms with Gasteiger partial charge in [0.1, 0.15) is 16.5 Å². The number of nitrogens with one attached hydrogen (secondary N) is 2. The molecule has 0 aliphatic carbocycles. The smallest absolute Gasteiger partial charge is 0.319 e. The molecule has 0 aliphatic rings. The second-order valence-corrected chi connectivity index (χ2v) is 5.60. The van der Waals surface area contributed by atoms with Crippen molar-refractivity contribution in [2.75, 3.05) is 5.32 Å². The summed E-state index contributed by atoms with van der Waals surface area (Å²) in [4.78, 5) is 28.4. The molecule has 0 fully saturated rings. The molecule has 25 heavy (non-hydrogen) atoms. The van der Waals surface area contributed by atoms with Crippen LogP contribution in [0.25, 0.3) is 5.95 Å². The summed E-state index contributed by atoms with van der Waals surface area (Å²) in [6.45, 7) is 1.75. The van der Waals surface area contributed by atoms with Crippen LogP contribution in [-0.2, 0) is 0 Å². The molecule has 3 aromatic heterocycles. The van der Waals surface area contributed by atoms with Gasteiger partial charge in [-0.15, -0.1) is 0 Å². The first-order valence-electron chi connectivity index (χ1n) is 7.11. The number of halogens is 2. The molecular formula is C14H12Cl2N8O. The predicted octanol–water partition coefficient (Wildman–Crippen LogP) is 2.64. The molecule has 11 heteroatoms. The molecule has 9 nitrogen and oxygen atoms in total. The first-order valence-corrected chi connectivity index (χ1v) is 7.86. The molecule has 0 saturated heterocycles. The summed E-state index contributed by atoms with van der Waals surface area (Å²) in [6, 6.07) is 2.28. The third kappa shape index (κ3) is 3.83. The van der Waals surface area contributed by atoms with Crippen LogP contribution in [0.3, 0.4) is 0 Å². The van der Waals surface area contributed by atoms with E-state index in [-0.39, 0.29) is 10.2 Å². The minimum absolute atomic E-state index is 0.105. The average Bonchev–Trinajstić information content (AvgIpc) is 3.09. The minimum atomic E-state index is -0.486. The second kappa shape index (κ2) is 7.41. The number of aromatic nitrogens is 6. The fraction of sp³-hybridized carbons (Fsp3) is 0.143. The highest BCUT2D eigenvalue weighted by atomic mass is 35.5.